The molecule has 0 aromatic rings. The number of allylic oxidation sites excluding steroid dienone is 1. The molecule has 1 aliphatic heterocycles. The van der Waals surface area contributed by atoms with E-state index in [1.54, 1.807) is 5.57 Å². The van der Waals surface area contributed by atoms with Gasteiger partial charge in [0.25, 0.3) is 0 Å². The van der Waals surface area contributed by atoms with Gasteiger partial charge in [-0.3, -0.25) is 9.89 Å². The van der Waals surface area contributed by atoms with Crippen LogP contribution in [0.3, 0.4) is 0 Å². The molecule has 1 atom stereocenters. The Kier molecular flexibility index (Phi) is 8.60. The number of likely N-dealkylation sites (N-methyl/N-ethyl adjacent to an activating group) is 1. The number of guanidine groups is 1. The van der Waals surface area contributed by atoms with Crippen molar-refractivity contribution in [1.29, 1.82) is 0 Å². The largest absolute Gasteiger partial charge is 0.357 e. The van der Waals surface area contributed by atoms with Crippen LogP contribution in [0.5, 0.6) is 0 Å². The number of nitrogens with zero attached hydrogens (tertiary/aromatic N) is 3. The van der Waals surface area contributed by atoms with Gasteiger partial charge in [-0.05, 0) is 53.0 Å². The van der Waals surface area contributed by atoms with Crippen molar-refractivity contribution in [2.24, 2.45) is 4.99 Å². The van der Waals surface area contributed by atoms with Gasteiger partial charge in [-0.2, -0.15) is 0 Å². The molecule has 1 heterocycles. The quantitative estimate of drug-likeness (QED) is 0.425. The number of hydrogen-bond donors (Lipinski definition) is 2. The normalized spacial score (nSPS) is 22.1. The lowest BCUT2D eigenvalue weighted by molar-refractivity contribution is 0.122. The Labute approximate surface area is 148 Å². The zero-order valence-corrected chi connectivity index (χ0v) is 16.0. The van der Waals surface area contributed by atoms with Crippen molar-refractivity contribution in [3.63, 3.8) is 0 Å². The van der Waals surface area contributed by atoms with Gasteiger partial charge in [0.05, 0.1) is 6.54 Å². The summed E-state index contributed by atoms with van der Waals surface area (Å²) in [6, 6.07) is 0.509. The molecule has 2 rings (SSSR count). The highest BCUT2D eigenvalue weighted by atomic mass is 15.3. The number of piperazine rings is 1. The minimum Gasteiger partial charge on any atom is -0.357 e. The maximum Gasteiger partial charge on any atom is 0.191 e. The van der Waals surface area contributed by atoms with Gasteiger partial charge in [0.1, 0.15) is 0 Å². The fourth-order valence-electron chi connectivity index (χ4n) is 3.42. The van der Waals surface area contributed by atoms with Crippen LogP contribution in [-0.2, 0) is 0 Å². The van der Waals surface area contributed by atoms with Gasteiger partial charge in [-0.1, -0.05) is 11.6 Å². The van der Waals surface area contributed by atoms with Crippen molar-refractivity contribution in [3.8, 4) is 0 Å². The molecule has 5 heteroatoms. The molecule has 0 bridgehead atoms. The molecule has 2 aliphatic rings. The predicted octanol–water partition coefficient (Wildman–Crippen LogP) is 2.07. The molecule has 1 unspecified atom stereocenters. The lowest BCUT2D eigenvalue weighted by Crippen LogP contribution is -2.49. The Morgan fingerprint density at radius 3 is 2.67 bits per heavy atom. The standard InChI is InChI=1S/C19H37N5/c1-4-20-19(21-11-10-18-8-6-5-7-9-18)22-16-17(2)24-14-12-23(3)13-15-24/h8,17H,4-7,9-16H2,1-3H3,(H2,20,21,22). The summed E-state index contributed by atoms with van der Waals surface area (Å²) < 4.78 is 0. The van der Waals surface area contributed by atoms with Crippen LogP contribution in [0.4, 0.5) is 0 Å². The Hall–Kier alpha value is -1.07. The van der Waals surface area contributed by atoms with Gasteiger partial charge in [0, 0.05) is 45.3 Å². The highest BCUT2D eigenvalue weighted by molar-refractivity contribution is 5.79. The second-order valence-corrected chi connectivity index (χ2v) is 7.19. The molecule has 2 N–H and O–H groups in total. The van der Waals surface area contributed by atoms with Crippen molar-refractivity contribution in [3.05, 3.63) is 11.6 Å². The topological polar surface area (TPSA) is 42.9 Å². The number of hydrogen-bond acceptors (Lipinski definition) is 3. The van der Waals surface area contributed by atoms with Crippen LogP contribution in [-0.4, -0.2) is 74.7 Å². The molecule has 5 nitrogen and oxygen atoms in total. The van der Waals surface area contributed by atoms with E-state index in [1.165, 1.54) is 38.8 Å². The summed E-state index contributed by atoms with van der Waals surface area (Å²) >= 11 is 0. The highest BCUT2D eigenvalue weighted by Crippen LogP contribution is 2.19. The summed E-state index contributed by atoms with van der Waals surface area (Å²) in [5.74, 6) is 0.967. The monoisotopic (exact) mass is 335 g/mol. The van der Waals surface area contributed by atoms with Crippen LogP contribution in [0.1, 0.15) is 46.0 Å². The third-order valence-corrected chi connectivity index (χ3v) is 5.14. The summed E-state index contributed by atoms with van der Waals surface area (Å²) in [7, 11) is 2.20. The number of nitrogens with one attached hydrogen (secondary N) is 2. The van der Waals surface area contributed by atoms with E-state index in [-0.39, 0.29) is 0 Å². The Balaban J connectivity index is 1.73. The van der Waals surface area contributed by atoms with Gasteiger partial charge in [0.15, 0.2) is 5.96 Å². The van der Waals surface area contributed by atoms with E-state index in [0.29, 0.717) is 6.04 Å². The third-order valence-electron chi connectivity index (χ3n) is 5.14. The summed E-state index contributed by atoms with van der Waals surface area (Å²) in [6.45, 7) is 11.8. The van der Waals surface area contributed by atoms with Crippen LogP contribution in [0.2, 0.25) is 0 Å². The number of rotatable bonds is 7. The van der Waals surface area contributed by atoms with Crippen LogP contribution in [0, 0.1) is 0 Å². The first-order valence-electron chi connectivity index (χ1n) is 9.81. The second-order valence-electron chi connectivity index (χ2n) is 7.19. The molecular weight excluding hydrogens is 298 g/mol. The fourth-order valence-corrected chi connectivity index (χ4v) is 3.42. The van der Waals surface area contributed by atoms with Gasteiger partial charge in [0.2, 0.25) is 0 Å². The molecule has 0 spiro atoms. The second kappa shape index (κ2) is 10.7. The number of aliphatic imine (C=N–C) groups is 1. The first kappa shape index (κ1) is 19.3. The molecular formula is C19H37N5. The van der Waals surface area contributed by atoms with Crippen LogP contribution >= 0.6 is 0 Å². The minimum atomic E-state index is 0.509. The van der Waals surface area contributed by atoms with E-state index in [4.69, 9.17) is 4.99 Å². The van der Waals surface area contributed by atoms with Crippen molar-refractivity contribution in [2.75, 3.05) is 52.9 Å². The summed E-state index contributed by atoms with van der Waals surface area (Å²) in [6.07, 6.45) is 8.87. The van der Waals surface area contributed by atoms with E-state index >= 15 is 0 Å². The first-order valence-corrected chi connectivity index (χ1v) is 9.81. The molecule has 138 valence electrons. The maximum absolute atomic E-state index is 4.81. The zero-order chi connectivity index (χ0) is 17.2. The molecule has 0 saturated carbocycles. The Morgan fingerprint density at radius 2 is 2.00 bits per heavy atom. The first-order chi connectivity index (χ1) is 11.7. The molecule has 0 aromatic carbocycles. The summed E-state index contributed by atoms with van der Waals surface area (Å²) in [5.41, 5.74) is 1.62. The molecule has 0 aromatic heterocycles. The molecule has 0 amide bonds. The molecule has 1 aliphatic carbocycles. The highest BCUT2D eigenvalue weighted by Gasteiger charge is 2.18. The predicted molar refractivity (Wildman–Crippen MR) is 104 cm³/mol. The summed E-state index contributed by atoms with van der Waals surface area (Å²) in [5, 5.41) is 6.88. The average Bonchev–Trinajstić information content (AvgIpc) is 2.61. The maximum atomic E-state index is 4.81. The van der Waals surface area contributed by atoms with E-state index in [9.17, 15) is 0 Å². The Morgan fingerprint density at radius 1 is 1.21 bits per heavy atom. The summed E-state index contributed by atoms with van der Waals surface area (Å²) in [4.78, 5) is 9.77. The van der Waals surface area contributed by atoms with Crippen molar-refractivity contribution in [2.45, 2.75) is 52.0 Å². The molecule has 1 saturated heterocycles. The lowest BCUT2D eigenvalue weighted by atomic mass is 9.97. The van der Waals surface area contributed by atoms with Gasteiger partial charge in [-0.15, -0.1) is 0 Å². The van der Waals surface area contributed by atoms with E-state index in [1.807, 2.05) is 0 Å². The van der Waals surface area contributed by atoms with Crippen LogP contribution in [0.15, 0.2) is 16.6 Å². The van der Waals surface area contributed by atoms with Gasteiger partial charge in [-0.25, -0.2) is 0 Å². The smallest absolute Gasteiger partial charge is 0.191 e. The molecule has 24 heavy (non-hydrogen) atoms. The zero-order valence-electron chi connectivity index (χ0n) is 16.0. The van der Waals surface area contributed by atoms with E-state index in [0.717, 1.165) is 45.1 Å². The van der Waals surface area contributed by atoms with Gasteiger partial charge < -0.3 is 15.5 Å². The minimum absolute atomic E-state index is 0.509. The van der Waals surface area contributed by atoms with Crippen LogP contribution < -0.4 is 10.6 Å². The fraction of sp³-hybridized carbons (Fsp3) is 0.842. The van der Waals surface area contributed by atoms with Crippen molar-refractivity contribution in [1.82, 2.24) is 20.4 Å². The van der Waals surface area contributed by atoms with Crippen molar-refractivity contribution < 1.29 is 0 Å². The average molecular weight is 336 g/mol. The molecule has 1 fully saturated rings. The van der Waals surface area contributed by atoms with Crippen LogP contribution in [0.25, 0.3) is 0 Å². The van der Waals surface area contributed by atoms with E-state index < -0.39 is 0 Å². The van der Waals surface area contributed by atoms with Crippen molar-refractivity contribution >= 4 is 5.96 Å². The molecule has 0 radical (unpaired) electrons. The Bertz CT molecular complexity index is 410. The lowest BCUT2D eigenvalue weighted by Gasteiger charge is -2.35. The third kappa shape index (κ3) is 6.81. The van der Waals surface area contributed by atoms with E-state index in [2.05, 4.69) is 47.4 Å². The SMILES string of the molecule is CCNC(=NCC(C)N1CCN(C)CC1)NCCC1=CCCCC1. The van der Waals surface area contributed by atoms with Gasteiger partial charge >= 0.3 is 0 Å².